The molecule has 1 aliphatic heterocycles. The first kappa shape index (κ1) is 28.3. The molecule has 1 atom stereocenters. The Morgan fingerprint density at radius 2 is 2.00 bits per heavy atom. The highest BCUT2D eigenvalue weighted by atomic mass is 32.2. The molecule has 1 unspecified atom stereocenters. The number of aliphatic imine (C=N–C) groups is 1. The standard InChI is InChI=1S/C26H28F3N7O2S/c1-16(2)35-15-31-24(34-35)20-8-6-19(7-9-20)18(4)33-32-14-30-25-36(23(37)12-39-25)21-11-17(3)5-10-22(21)38-13-26(27,28)29/h5-11,15,18,32-33H,1,12-14H2,2-4H3/b30-25-. The lowest BCUT2D eigenvalue weighted by Gasteiger charge is -2.21. The second-order valence-electron chi connectivity index (χ2n) is 8.90. The molecule has 1 aromatic heterocycles. The van der Waals surface area contributed by atoms with Gasteiger partial charge in [0.2, 0.25) is 5.91 Å². The Labute approximate surface area is 228 Å². The highest BCUT2D eigenvalue weighted by molar-refractivity contribution is 8.15. The van der Waals surface area contributed by atoms with E-state index in [9.17, 15) is 18.0 Å². The van der Waals surface area contributed by atoms with Gasteiger partial charge in [-0.1, -0.05) is 48.7 Å². The monoisotopic (exact) mass is 559 g/mol. The summed E-state index contributed by atoms with van der Waals surface area (Å²) in [6.07, 6.45) is -2.88. The number of ether oxygens (including phenoxy) is 1. The van der Waals surface area contributed by atoms with Crippen molar-refractivity contribution in [2.75, 3.05) is 23.9 Å². The van der Waals surface area contributed by atoms with Gasteiger partial charge in [-0.25, -0.2) is 25.5 Å². The van der Waals surface area contributed by atoms with Crippen LogP contribution in [0.3, 0.4) is 0 Å². The van der Waals surface area contributed by atoms with Crippen molar-refractivity contribution < 1.29 is 22.7 Å². The minimum Gasteiger partial charge on any atom is -0.482 e. The summed E-state index contributed by atoms with van der Waals surface area (Å²) < 4.78 is 44.8. The number of benzene rings is 2. The molecular weight excluding hydrogens is 531 g/mol. The second kappa shape index (κ2) is 12.0. The van der Waals surface area contributed by atoms with Gasteiger partial charge in [-0.15, -0.1) is 5.10 Å². The summed E-state index contributed by atoms with van der Waals surface area (Å²) in [5, 5.41) is 4.76. The first-order valence-corrected chi connectivity index (χ1v) is 13.0. The number of aromatic nitrogens is 3. The highest BCUT2D eigenvalue weighted by Gasteiger charge is 2.33. The summed E-state index contributed by atoms with van der Waals surface area (Å²) in [7, 11) is 0. The van der Waals surface area contributed by atoms with Gasteiger partial charge in [0, 0.05) is 17.3 Å². The van der Waals surface area contributed by atoms with E-state index in [0.717, 1.165) is 22.4 Å². The quantitative estimate of drug-likeness (QED) is 0.269. The van der Waals surface area contributed by atoms with Gasteiger partial charge in [0.25, 0.3) is 0 Å². The largest absolute Gasteiger partial charge is 0.482 e. The Hall–Kier alpha value is -3.68. The van der Waals surface area contributed by atoms with Crippen LogP contribution in [0.2, 0.25) is 0 Å². The molecule has 4 rings (SSSR count). The first-order chi connectivity index (χ1) is 18.5. The number of thioether (sulfide) groups is 1. The van der Waals surface area contributed by atoms with E-state index in [1.54, 1.807) is 30.1 Å². The Bertz CT molecular complexity index is 1370. The van der Waals surface area contributed by atoms with Crippen molar-refractivity contribution in [1.29, 1.82) is 0 Å². The van der Waals surface area contributed by atoms with Gasteiger partial charge in [0.05, 0.1) is 11.4 Å². The van der Waals surface area contributed by atoms with Crippen molar-refractivity contribution in [2.45, 2.75) is 33.0 Å². The maximum Gasteiger partial charge on any atom is 0.422 e. The predicted octanol–water partition coefficient (Wildman–Crippen LogP) is 4.93. The van der Waals surface area contributed by atoms with E-state index >= 15 is 0 Å². The molecule has 1 saturated heterocycles. The van der Waals surface area contributed by atoms with Crippen LogP contribution < -0.4 is 20.5 Å². The normalized spacial score (nSPS) is 15.7. The topological polar surface area (TPSA) is 96.7 Å². The molecule has 0 aliphatic carbocycles. The summed E-state index contributed by atoms with van der Waals surface area (Å²) >= 11 is 1.21. The summed E-state index contributed by atoms with van der Waals surface area (Å²) in [4.78, 5) is 22.7. The van der Waals surface area contributed by atoms with Crippen molar-refractivity contribution in [2.24, 2.45) is 4.99 Å². The lowest BCUT2D eigenvalue weighted by atomic mass is 10.1. The van der Waals surface area contributed by atoms with E-state index < -0.39 is 12.8 Å². The van der Waals surface area contributed by atoms with Gasteiger partial charge < -0.3 is 4.74 Å². The van der Waals surface area contributed by atoms with E-state index in [1.165, 1.54) is 22.7 Å². The fraction of sp³-hybridized carbons (Fsp3) is 0.308. The molecular formula is C26H28F3N7O2S. The average molecular weight is 560 g/mol. The average Bonchev–Trinajstić information content (AvgIpc) is 3.52. The number of hydrazine groups is 1. The summed E-state index contributed by atoms with van der Waals surface area (Å²) in [5.74, 6) is 0.408. The number of amidine groups is 1. The van der Waals surface area contributed by atoms with Crippen molar-refractivity contribution >= 4 is 34.2 Å². The summed E-state index contributed by atoms with van der Waals surface area (Å²) in [5.41, 5.74) is 9.85. The fourth-order valence-corrected chi connectivity index (χ4v) is 4.56. The molecule has 3 aromatic rings. The number of aryl methyl sites for hydroxylation is 1. The fourth-order valence-electron chi connectivity index (χ4n) is 3.69. The zero-order chi connectivity index (χ0) is 28.2. The number of hydrogen-bond acceptors (Lipinski definition) is 8. The third-order valence-corrected chi connectivity index (χ3v) is 6.64. The zero-order valence-electron chi connectivity index (χ0n) is 21.6. The number of halogens is 3. The van der Waals surface area contributed by atoms with Gasteiger partial charge in [-0.05, 0) is 44.0 Å². The number of anilines is 1. The smallest absolute Gasteiger partial charge is 0.422 e. The lowest BCUT2D eigenvalue weighted by Crippen LogP contribution is -2.36. The number of allylic oxidation sites excluding steroid dienone is 1. The maximum absolute atomic E-state index is 12.7. The number of carbonyl (C=O) groups is 1. The molecule has 2 aromatic carbocycles. The van der Waals surface area contributed by atoms with Crippen LogP contribution in [0.4, 0.5) is 18.9 Å². The maximum atomic E-state index is 12.7. The third-order valence-electron chi connectivity index (χ3n) is 5.68. The minimum absolute atomic E-state index is 0.0359. The van der Waals surface area contributed by atoms with Crippen LogP contribution >= 0.6 is 11.8 Å². The lowest BCUT2D eigenvalue weighted by molar-refractivity contribution is -0.153. The molecule has 0 radical (unpaired) electrons. The Morgan fingerprint density at radius 3 is 2.67 bits per heavy atom. The number of alkyl halides is 3. The van der Waals surface area contributed by atoms with Crippen LogP contribution in [-0.4, -0.2) is 51.0 Å². The van der Waals surface area contributed by atoms with Crippen LogP contribution in [-0.2, 0) is 4.79 Å². The number of nitrogens with zero attached hydrogens (tertiary/aromatic N) is 5. The summed E-state index contributed by atoms with van der Waals surface area (Å²) in [6.45, 7) is 8.12. The first-order valence-electron chi connectivity index (χ1n) is 12.0. The number of rotatable bonds is 10. The number of carbonyl (C=O) groups excluding carboxylic acids is 1. The van der Waals surface area contributed by atoms with E-state index in [1.807, 2.05) is 38.1 Å². The van der Waals surface area contributed by atoms with Crippen LogP contribution in [0.25, 0.3) is 17.1 Å². The molecule has 13 heteroatoms. The second-order valence-corrected chi connectivity index (χ2v) is 9.85. The van der Waals surface area contributed by atoms with Crippen LogP contribution in [0.15, 0.2) is 60.4 Å². The molecule has 206 valence electrons. The molecule has 0 saturated carbocycles. The Balaban J connectivity index is 1.38. The van der Waals surface area contributed by atoms with Crippen molar-refractivity contribution in [3.05, 3.63) is 66.5 Å². The molecule has 1 fully saturated rings. The molecule has 1 aliphatic rings. The minimum atomic E-state index is -4.50. The third kappa shape index (κ3) is 7.25. The van der Waals surface area contributed by atoms with E-state index in [-0.39, 0.29) is 35.8 Å². The van der Waals surface area contributed by atoms with Gasteiger partial charge in [0.1, 0.15) is 18.7 Å². The van der Waals surface area contributed by atoms with E-state index in [2.05, 4.69) is 32.5 Å². The molecule has 39 heavy (non-hydrogen) atoms. The number of hydrogen-bond donors (Lipinski definition) is 2. The number of amides is 1. The summed E-state index contributed by atoms with van der Waals surface area (Å²) in [6, 6.07) is 12.4. The highest BCUT2D eigenvalue weighted by Crippen LogP contribution is 2.36. The van der Waals surface area contributed by atoms with Crippen molar-refractivity contribution in [3.63, 3.8) is 0 Å². The van der Waals surface area contributed by atoms with E-state index in [0.29, 0.717) is 11.0 Å². The number of nitrogens with one attached hydrogen (secondary N) is 2. The van der Waals surface area contributed by atoms with Gasteiger partial charge in [-0.2, -0.15) is 13.2 Å². The Morgan fingerprint density at radius 1 is 1.26 bits per heavy atom. The predicted molar refractivity (Wildman–Crippen MR) is 146 cm³/mol. The van der Waals surface area contributed by atoms with Crippen molar-refractivity contribution in [1.82, 2.24) is 25.6 Å². The van der Waals surface area contributed by atoms with Crippen LogP contribution in [0.1, 0.15) is 31.0 Å². The molecule has 0 bridgehead atoms. The molecule has 1 amide bonds. The SMILES string of the molecule is C=C(C)n1cnc(-c2ccc(C(C)NNC/N=C3\SCC(=O)N3c3cc(C)ccc3OCC(F)(F)F)cc2)n1. The van der Waals surface area contributed by atoms with Gasteiger partial charge >= 0.3 is 6.18 Å². The van der Waals surface area contributed by atoms with Crippen LogP contribution in [0.5, 0.6) is 5.75 Å². The van der Waals surface area contributed by atoms with Gasteiger partial charge in [0.15, 0.2) is 17.6 Å². The molecule has 0 spiro atoms. The van der Waals surface area contributed by atoms with Crippen LogP contribution in [0, 0.1) is 6.92 Å². The Kier molecular flexibility index (Phi) is 8.73. The molecule has 2 N–H and O–H groups in total. The van der Waals surface area contributed by atoms with E-state index in [4.69, 9.17) is 4.74 Å². The van der Waals surface area contributed by atoms with Crippen molar-refractivity contribution in [3.8, 4) is 17.1 Å². The zero-order valence-corrected chi connectivity index (χ0v) is 22.4. The molecule has 2 heterocycles. The van der Waals surface area contributed by atoms with Gasteiger partial charge in [-0.3, -0.25) is 9.69 Å². The molecule has 9 nitrogen and oxygen atoms in total.